The lowest BCUT2D eigenvalue weighted by Gasteiger charge is -1.99. The zero-order chi connectivity index (χ0) is 14.7. The van der Waals surface area contributed by atoms with Gasteiger partial charge in [0.2, 0.25) is 0 Å². The number of hydrogen-bond acceptors (Lipinski definition) is 4. The lowest BCUT2D eigenvalue weighted by atomic mass is 10.2. The molecule has 1 aromatic heterocycles. The topological polar surface area (TPSA) is 38.9 Å². The van der Waals surface area contributed by atoms with Crippen molar-refractivity contribution in [1.29, 1.82) is 0 Å². The maximum atomic E-state index is 13.1. The molecular weight excluding hydrogens is 303 g/mol. The Kier molecular flexibility index (Phi) is 4.22. The van der Waals surface area contributed by atoms with Gasteiger partial charge in [-0.05, 0) is 17.7 Å². The van der Waals surface area contributed by atoms with Crippen molar-refractivity contribution in [2.45, 2.75) is 10.1 Å². The van der Waals surface area contributed by atoms with Crippen molar-refractivity contribution in [3.05, 3.63) is 66.0 Å². The van der Waals surface area contributed by atoms with Crippen LogP contribution in [0.1, 0.15) is 5.56 Å². The lowest BCUT2D eigenvalue weighted by Crippen LogP contribution is -1.85. The number of aromatic nitrogens is 1. The Hall–Kier alpha value is -1.85. The summed E-state index contributed by atoms with van der Waals surface area (Å²) in [6.07, 6.45) is 0. The maximum Gasteiger partial charge on any atom is 0.152 e. The van der Waals surface area contributed by atoms with E-state index in [4.69, 9.17) is 5.73 Å². The van der Waals surface area contributed by atoms with Gasteiger partial charge < -0.3 is 5.73 Å². The van der Waals surface area contributed by atoms with E-state index < -0.39 is 0 Å². The number of anilines is 1. The first-order valence-electron chi connectivity index (χ1n) is 6.41. The molecule has 1 heterocycles. The average Bonchev–Trinajstić information content (AvgIpc) is 2.87. The van der Waals surface area contributed by atoms with E-state index in [1.54, 1.807) is 23.9 Å². The second kappa shape index (κ2) is 6.28. The molecule has 3 aromatic rings. The maximum absolute atomic E-state index is 13.1. The SMILES string of the molecule is Nc1sc(SCc2cccc(F)c2)nc1-c1ccccc1. The van der Waals surface area contributed by atoms with Crippen LogP contribution in [-0.4, -0.2) is 4.98 Å². The van der Waals surface area contributed by atoms with Gasteiger partial charge in [0.05, 0.1) is 0 Å². The molecule has 0 bridgehead atoms. The molecule has 0 saturated heterocycles. The summed E-state index contributed by atoms with van der Waals surface area (Å²) in [4.78, 5) is 4.58. The Morgan fingerprint density at radius 2 is 1.90 bits per heavy atom. The number of nitrogens with zero attached hydrogens (tertiary/aromatic N) is 1. The minimum atomic E-state index is -0.211. The quantitative estimate of drug-likeness (QED) is 0.701. The van der Waals surface area contributed by atoms with Gasteiger partial charge in [-0.2, -0.15) is 0 Å². The second-order valence-electron chi connectivity index (χ2n) is 4.48. The van der Waals surface area contributed by atoms with Gasteiger partial charge in [-0.15, -0.1) is 0 Å². The van der Waals surface area contributed by atoms with E-state index in [-0.39, 0.29) is 5.82 Å². The number of halogens is 1. The van der Waals surface area contributed by atoms with E-state index in [0.29, 0.717) is 10.8 Å². The fourth-order valence-corrected chi connectivity index (χ4v) is 3.84. The zero-order valence-electron chi connectivity index (χ0n) is 11.1. The van der Waals surface area contributed by atoms with E-state index >= 15 is 0 Å². The third-order valence-corrected chi connectivity index (χ3v) is 5.03. The molecule has 106 valence electrons. The number of nitrogens with two attached hydrogens (primary N) is 1. The molecular formula is C16H13FN2S2. The summed E-state index contributed by atoms with van der Waals surface area (Å²) in [5.74, 6) is 0.468. The van der Waals surface area contributed by atoms with Crippen molar-refractivity contribution in [1.82, 2.24) is 4.98 Å². The molecule has 2 N–H and O–H groups in total. The summed E-state index contributed by atoms with van der Waals surface area (Å²) in [5, 5.41) is 0.711. The number of thiazole rings is 1. The Labute approximate surface area is 130 Å². The fraction of sp³-hybridized carbons (Fsp3) is 0.0625. The molecule has 0 saturated carbocycles. The number of rotatable bonds is 4. The molecule has 5 heteroatoms. The van der Waals surface area contributed by atoms with Gasteiger partial charge in [-0.1, -0.05) is 65.6 Å². The van der Waals surface area contributed by atoms with Gasteiger partial charge in [0, 0.05) is 11.3 Å². The van der Waals surface area contributed by atoms with Crippen molar-refractivity contribution >= 4 is 28.1 Å². The van der Waals surface area contributed by atoms with Crippen molar-refractivity contribution in [3.63, 3.8) is 0 Å². The first kappa shape index (κ1) is 14.1. The molecule has 0 aliphatic carbocycles. The van der Waals surface area contributed by atoms with Gasteiger partial charge >= 0.3 is 0 Å². The molecule has 2 nitrogen and oxygen atoms in total. The Morgan fingerprint density at radius 1 is 1.10 bits per heavy atom. The predicted molar refractivity (Wildman–Crippen MR) is 87.9 cm³/mol. The molecule has 3 rings (SSSR count). The Bertz CT molecular complexity index is 741. The standard InChI is InChI=1S/C16H13FN2S2/c17-13-8-4-5-11(9-13)10-20-16-19-14(15(18)21-16)12-6-2-1-3-7-12/h1-9H,10,18H2. The van der Waals surface area contributed by atoms with Crippen LogP contribution in [0.25, 0.3) is 11.3 Å². The van der Waals surface area contributed by atoms with Gasteiger partial charge in [0.25, 0.3) is 0 Å². The minimum absolute atomic E-state index is 0.211. The van der Waals surface area contributed by atoms with Gasteiger partial charge in [0.1, 0.15) is 16.5 Å². The van der Waals surface area contributed by atoms with Crippen LogP contribution in [0.3, 0.4) is 0 Å². The molecule has 0 aliphatic rings. The summed E-state index contributed by atoms with van der Waals surface area (Å²) >= 11 is 3.04. The highest BCUT2D eigenvalue weighted by atomic mass is 32.2. The van der Waals surface area contributed by atoms with Crippen molar-refractivity contribution in [3.8, 4) is 11.3 Å². The molecule has 0 unspecified atom stereocenters. The second-order valence-corrected chi connectivity index (χ2v) is 6.73. The molecule has 0 spiro atoms. The minimum Gasteiger partial charge on any atom is -0.389 e. The summed E-state index contributed by atoms with van der Waals surface area (Å²) in [7, 11) is 0. The number of thioether (sulfide) groups is 1. The van der Waals surface area contributed by atoms with Crippen LogP contribution in [0.4, 0.5) is 9.39 Å². The third kappa shape index (κ3) is 3.43. The largest absolute Gasteiger partial charge is 0.389 e. The predicted octanol–water partition coefficient (Wildman–Crippen LogP) is 4.82. The first-order chi connectivity index (χ1) is 10.2. The summed E-state index contributed by atoms with van der Waals surface area (Å²) in [6.45, 7) is 0. The molecule has 0 aliphatic heterocycles. The van der Waals surface area contributed by atoms with Crippen LogP contribution in [-0.2, 0) is 5.75 Å². The van der Waals surface area contributed by atoms with E-state index in [9.17, 15) is 4.39 Å². The van der Waals surface area contributed by atoms with Crippen LogP contribution in [0.2, 0.25) is 0 Å². The number of hydrogen-bond donors (Lipinski definition) is 1. The van der Waals surface area contributed by atoms with E-state index in [2.05, 4.69) is 4.98 Å². The monoisotopic (exact) mass is 316 g/mol. The van der Waals surface area contributed by atoms with E-state index in [1.807, 2.05) is 36.4 Å². The van der Waals surface area contributed by atoms with Crippen LogP contribution in [0.5, 0.6) is 0 Å². The molecule has 0 amide bonds. The fourth-order valence-electron chi connectivity index (χ4n) is 1.95. The van der Waals surface area contributed by atoms with Crippen molar-refractivity contribution in [2.24, 2.45) is 0 Å². The molecule has 21 heavy (non-hydrogen) atoms. The van der Waals surface area contributed by atoms with E-state index in [1.165, 1.54) is 17.4 Å². The van der Waals surface area contributed by atoms with Gasteiger partial charge in [0.15, 0.2) is 4.34 Å². The number of nitrogen functional groups attached to an aromatic ring is 1. The molecule has 0 radical (unpaired) electrons. The summed E-state index contributed by atoms with van der Waals surface area (Å²) in [6, 6.07) is 16.5. The van der Waals surface area contributed by atoms with Gasteiger partial charge in [-0.25, -0.2) is 9.37 Å². The van der Waals surface area contributed by atoms with Crippen LogP contribution in [0, 0.1) is 5.82 Å². The summed E-state index contributed by atoms with van der Waals surface area (Å²) in [5.41, 5.74) is 8.83. The Balaban J connectivity index is 1.76. The molecule has 2 aromatic carbocycles. The third-order valence-electron chi connectivity index (χ3n) is 2.93. The van der Waals surface area contributed by atoms with E-state index in [0.717, 1.165) is 21.2 Å². The van der Waals surface area contributed by atoms with Crippen LogP contribution in [0.15, 0.2) is 58.9 Å². The van der Waals surface area contributed by atoms with Crippen LogP contribution >= 0.6 is 23.1 Å². The lowest BCUT2D eigenvalue weighted by molar-refractivity contribution is 0.626. The van der Waals surface area contributed by atoms with Crippen molar-refractivity contribution < 1.29 is 4.39 Å². The number of benzene rings is 2. The normalized spacial score (nSPS) is 10.7. The highest BCUT2D eigenvalue weighted by Gasteiger charge is 2.11. The highest BCUT2D eigenvalue weighted by Crippen LogP contribution is 2.36. The smallest absolute Gasteiger partial charge is 0.152 e. The average molecular weight is 316 g/mol. The van der Waals surface area contributed by atoms with Crippen molar-refractivity contribution in [2.75, 3.05) is 5.73 Å². The highest BCUT2D eigenvalue weighted by molar-refractivity contribution is 8.00. The zero-order valence-corrected chi connectivity index (χ0v) is 12.8. The molecule has 0 atom stereocenters. The summed E-state index contributed by atoms with van der Waals surface area (Å²) < 4.78 is 14.0. The Morgan fingerprint density at radius 3 is 2.67 bits per heavy atom. The van der Waals surface area contributed by atoms with Crippen LogP contribution < -0.4 is 5.73 Å². The van der Waals surface area contributed by atoms with Gasteiger partial charge in [-0.3, -0.25) is 0 Å². The molecule has 0 fully saturated rings. The first-order valence-corrected chi connectivity index (χ1v) is 8.21.